The zero-order valence-electron chi connectivity index (χ0n) is 13.9. The predicted octanol–water partition coefficient (Wildman–Crippen LogP) is 3.56. The maximum atomic E-state index is 13.2. The maximum Gasteiger partial charge on any atom is 0.419 e. The minimum atomic E-state index is -4.40. The molecule has 1 aliphatic rings. The lowest BCUT2D eigenvalue weighted by molar-refractivity contribution is -0.137. The average molecular weight is 362 g/mol. The SMILES string of the molecule is FC(F)(F)c1cccnc1N1CCN(Cc2noc3ccccc23)CC1. The molecule has 0 amide bonds. The normalized spacial score (nSPS) is 16.3. The van der Waals surface area contributed by atoms with E-state index in [2.05, 4.69) is 15.0 Å². The van der Waals surface area contributed by atoms with Crippen molar-refractivity contribution in [3.8, 4) is 0 Å². The number of piperazine rings is 1. The fourth-order valence-electron chi connectivity index (χ4n) is 3.25. The molecule has 0 bridgehead atoms. The second-order valence-corrected chi connectivity index (χ2v) is 6.26. The van der Waals surface area contributed by atoms with Gasteiger partial charge in [-0.15, -0.1) is 0 Å². The molecule has 0 aliphatic carbocycles. The Kier molecular flexibility index (Phi) is 4.28. The Labute approximate surface area is 148 Å². The van der Waals surface area contributed by atoms with E-state index >= 15 is 0 Å². The maximum absolute atomic E-state index is 13.2. The molecule has 136 valence electrons. The topological polar surface area (TPSA) is 45.4 Å². The molecule has 1 saturated heterocycles. The Bertz CT molecular complexity index is 901. The molecule has 0 N–H and O–H groups in total. The summed E-state index contributed by atoms with van der Waals surface area (Å²) in [5, 5.41) is 5.09. The lowest BCUT2D eigenvalue weighted by Gasteiger charge is -2.36. The third kappa shape index (κ3) is 3.24. The van der Waals surface area contributed by atoms with E-state index in [9.17, 15) is 13.2 Å². The third-order valence-electron chi connectivity index (χ3n) is 4.59. The van der Waals surface area contributed by atoms with Crippen molar-refractivity contribution in [2.45, 2.75) is 12.7 Å². The minimum Gasteiger partial charge on any atom is -0.356 e. The number of para-hydroxylation sites is 1. The number of hydrogen-bond acceptors (Lipinski definition) is 5. The van der Waals surface area contributed by atoms with Crippen LogP contribution in [0.3, 0.4) is 0 Å². The molecule has 0 saturated carbocycles. The molecule has 1 aliphatic heterocycles. The van der Waals surface area contributed by atoms with Crippen LogP contribution in [0.4, 0.5) is 19.0 Å². The van der Waals surface area contributed by atoms with E-state index in [1.807, 2.05) is 24.3 Å². The summed E-state index contributed by atoms with van der Waals surface area (Å²) in [6.07, 6.45) is -3.00. The van der Waals surface area contributed by atoms with E-state index in [0.717, 1.165) is 22.7 Å². The van der Waals surface area contributed by atoms with E-state index in [1.165, 1.54) is 12.3 Å². The summed E-state index contributed by atoms with van der Waals surface area (Å²) in [5.41, 5.74) is 0.906. The van der Waals surface area contributed by atoms with Crippen molar-refractivity contribution in [2.75, 3.05) is 31.1 Å². The average Bonchev–Trinajstić information content (AvgIpc) is 3.05. The Morgan fingerprint density at radius 2 is 1.77 bits per heavy atom. The molecule has 1 aromatic carbocycles. The first kappa shape index (κ1) is 16.8. The number of pyridine rings is 1. The Morgan fingerprint density at radius 1 is 1.00 bits per heavy atom. The van der Waals surface area contributed by atoms with Crippen LogP contribution >= 0.6 is 0 Å². The Balaban J connectivity index is 1.45. The number of benzene rings is 1. The van der Waals surface area contributed by atoms with E-state index in [4.69, 9.17) is 4.52 Å². The number of aromatic nitrogens is 2. The molecule has 3 aromatic rings. The summed E-state index contributed by atoms with van der Waals surface area (Å²) >= 11 is 0. The zero-order chi connectivity index (χ0) is 18.1. The summed E-state index contributed by atoms with van der Waals surface area (Å²) in [4.78, 5) is 7.83. The fraction of sp³-hybridized carbons (Fsp3) is 0.333. The van der Waals surface area contributed by atoms with Crippen LogP contribution in [-0.4, -0.2) is 41.2 Å². The molecule has 26 heavy (non-hydrogen) atoms. The highest BCUT2D eigenvalue weighted by Gasteiger charge is 2.36. The molecule has 4 rings (SSSR count). The van der Waals surface area contributed by atoms with Crippen LogP contribution in [0.5, 0.6) is 0 Å². The highest BCUT2D eigenvalue weighted by Crippen LogP contribution is 2.35. The van der Waals surface area contributed by atoms with Crippen LogP contribution in [0, 0.1) is 0 Å². The van der Waals surface area contributed by atoms with Crippen molar-refractivity contribution in [1.82, 2.24) is 15.0 Å². The summed E-state index contributed by atoms with van der Waals surface area (Å²) < 4.78 is 44.9. The van der Waals surface area contributed by atoms with Crippen molar-refractivity contribution in [3.05, 3.63) is 53.9 Å². The largest absolute Gasteiger partial charge is 0.419 e. The molecule has 2 aromatic heterocycles. The predicted molar refractivity (Wildman–Crippen MR) is 90.7 cm³/mol. The number of halogens is 3. The van der Waals surface area contributed by atoms with Crippen LogP contribution in [-0.2, 0) is 12.7 Å². The first-order chi connectivity index (χ1) is 12.5. The smallest absolute Gasteiger partial charge is 0.356 e. The number of nitrogens with zero attached hydrogens (tertiary/aromatic N) is 4. The molecule has 0 spiro atoms. The monoisotopic (exact) mass is 362 g/mol. The van der Waals surface area contributed by atoms with Gasteiger partial charge < -0.3 is 9.42 Å². The first-order valence-electron chi connectivity index (χ1n) is 8.35. The van der Waals surface area contributed by atoms with Crippen molar-refractivity contribution in [1.29, 1.82) is 0 Å². The van der Waals surface area contributed by atoms with Gasteiger partial charge in [0, 0.05) is 44.3 Å². The number of alkyl halides is 3. The minimum absolute atomic E-state index is 0.00605. The van der Waals surface area contributed by atoms with Gasteiger partial charge in [-0.25, -0.2) is 4.98 Å². The van der Waals surface area contributed by atoms with Gasteiger partial charge in [0.25, 0.3) is 0 Å². The first-order valence-corrected chi connectivity index (χ1v) is 8.35. The number of rotatable bonds is 3. The molecule has 0 radical (unpaired) electrons. The standard InChI is InChI=1S/C18H17F3N4O/c19-18(20,21)14-5-3-7-22-17(14)25-10-8-24(9-11-25)12-15-13-4-1-2-6-16(13)26-23-15/h1-7H,8-12H2. The van der Waals surface area contributed by atoms with Gasteiger partial charge in [0.05, 0.1) is 5.56 Å². The third-order valence-corrected chi connectivity index (χ3v) is 4.59. The highest BCUT2D eigenvalue weighted by atomic mass is 19.4. The van der Waals surface area contributed by atoms with Gasteiger partial charge in [0.1, 0.15) is 11.5 Å². The van der Waals surface area contributed by atoms with Crippen LogP contribution in [0.25, 0.3) is 11.0 Å². The van der Waals surface area contributed by atoms with Gasteiger partial charge in [-0.2, -0.15) is 13.2 Å². The van der Waals surface area contributed by atoms with E-state index in [1.54, 1.807) is 4.90 Å². The van der Waals surface area contributed by atoms with Gasteiger partial charge in [0.2, 0.25) is 0 Å². The fourth-order valence-corrected chi connectivity index (χ4v) is 3.25. The molecule has 1 fully saturated rings. The van der Waals surface area contributed by atoms with Gasteiger partial charge in [-0.1, -0.05) is 17.3 Å². The summed E-state index contributed by atoms with van der Waals surface area (Å²) in [5.74, 6) is 0.00605. The van der Waals surface area contributed by atoms with Crippen molar-refractivity contribution in [2.24, 2.45) is 0 Å². The molecule has 8 heteroatoms. The highest BCUT2D eigenvalue weighted by molar-refractivity contribution is 5.79. The zero-order valence-corrected chi connectivity index (χ0v) is 13.9. The van der Waals surface area contributed by atoms with E-state index in [-0.39, 0.29) is 5.82 Å². The second-order valence-electron chi connectivity index (χ2n) is 6.26. The van der Waals surface area contributed by atoms with E-state index in [0.29, 0.717) is 32.7 Å². The Hall–Kier alpha value is -2.61. The number of fused-ring (bicyclic) bond motifs is 1. The van der Waals surface area contributed by atoms with Gasteiger partial charge in [0.15, 0.2) is 5.58 Å². The molecular formula is C18H17F3N4O. The molecule has 0 unspecified atom stereocenters. The van der Waals surface area contributed by atoms with Crippen molar-refractivity contribution < 1.29 is 17.7 Å². The summed E-state index contributed by atoms with van der Waals surface area (Å²) in [6, 6.07) is 10.0. The van der Waals surface area contributed by atoms with Crippen LogP contribution in [0.2, 0.25) is 0 Å². The quantitative estimate of drug-likeness (QED) is 0.713. The van der Waals surface area contributed by atoms with E-state index < -0.39 is 11.7 Å². The van der Waals surface area contributed by atoms with Crippen LogP contribution in [0.15, 0.2) is 47.1 Å². The van der Waals surface area contributed by atoms with Crippen LogP contribution in [0.1, 0.15) is 11.3 Å². The molecule has 5 nitrogen and oxygen atoms in total. The van der Waals surface area contributed by atoms with Crippen molar-refractivity contribution in [3.63, 3.8) is 0 Å². The lowest BCUT2D eigenvalue weighted by atomic mass is 10.2. The molecule has 3 heterocycles. The molecule has 0 atom stereocenters. The number of hydrogen-bond donors (Lipinski definition) is 0. The second kappa shape index (κ2) is 6.60. The van der Waals surface area contributed by atoms with Crippen LogP contribution < -0.4 is 4.90 Å². The summed E-state index contributed by atoms with van der Waals surface area (Å²) in [7, 11) is 0. The number of anilines is 1. The van der Waals surface area contributed by atoms with Gasteiger partial charge in [-0.3, -0.25) is 4.90 Å². The van der Waals surface area contributed by atoms with Gasteiger partial charge >= 0.3 is 6.18 Å². The lowest BCUT2D eigenvalue weighted by Crippen LogP contribution is -2.46. The Morgan fingerprint density at radius 3 is 2.54 bits per heavy atom. The van der Waals surface area contributed by atoms with Crippen molar-refractivity contribution >= 4 is 16.8 Å². The molecular weight excluding hydrogens is 345 g/mol. The summed E-state index contributed by atoms with van der Waals surface area (Å²) in [6.45, 7) is 2.84. The van der Waals surface area contributed by atoms with Gasteiger partial charge in [-0.05, 0) is 24.3 Å².